The fraction of sp³-hybridized carbons (Fsp3) is 0.0714. The molecule has 0 fully saturated rings. The number of rotatable bonds is 3. The summed E-state index contributed by atoms with van der Waals surface area (Å²) < 4.78 is 5.17. The van der Waals surface area contributed by atoms with Crippen molar-refractivity contribution in [3.05, 3.63) is 62.6 Å². The maximum absolute atomic E-state index is 12.0. The summed E-state index contributed by atoms with van der Waals surface area (Å²) in [6.07, 6.45) is 0. The number of halogens is 3. The van der Waals surface area contributed by atoms with Crippen LogP contribution >= 0.6 is 34.8 Å². The number of carbonyl (C=O) groups is 1. The van der Waals surface area contributed by atoms with E-state index in [0.29, 0.717) is 20.6 Å². The number of anilines is 1. The molecule has 0 amide bonds. The van der Waals surface area contributed by atoms with Crippen LogP contribution in [0.5, 0.6) is 0 Å². The van der Waals surface area contributed by atoms with Gasteiger partial charge in [0.25, 0.3) is 0 Å². The minimum absolute atomic E-state index is 0.00415. The Balaban J connectivity index is 2.13. The largest absolute Gasteiger partial charge is 0.457 e. The minimum atomic E-state index is -0.568. The maximum Gasteiger partial charge on any atom is 0.340 e. The lowest BCUT2D eigenvalue weighted by atomic mass is 10.2. The van der Waals surface area contributed by atoms with E-state index in [0.717, 1.165) is 0 Å². The van der Waals surface area contributed by atoms with Crippen LogP contribution in [0.15, 0.2) is 36.4 Å². The van der Waals surface area contributed by atoms with Gasteiger partial charge in [-0.1, -0.05) is 40.9 Å². The maximum atomic E-state index is 12.0. The number of esters is 1. The first-order valence-electron chi connectivity index (χ1n) is 5.64. The molecule has 3 nitrogen and oxygen atoms in total. The zero-order valence-electron chi connectivity index (χ0n) is 10.2. The van der Waals surface area contributed by atoms with Crippen molar-refractivity contribution in [3.8, 4) is 0 Å². The SMILES string of the molecule is Nc1c(Cl)cccc1C(=O)OCc1cc(Cl)ccc1Cl. The second-order valence-corrected chi connectivity index (χ2v) is 5.26. The van der Waals surface area contributed by atoms with Gasteiger partial charge in [0.15, 0.2) is 0 Å². The van der Waals surface area contributed by atoms with Gasteiger partial charge in [-0.15, -0.1) is 0 Å². The predicted octanol–water partition coefficient (Wildman–Crippen LogP) is 4.59. The summed E-state index contributed by atoms with van der Waals surface area (Å²) in [5.41, 5.74) is 6.75. The molecule has 0 atom stereocenters. The van der Waals surface area contributed by atoms with Gasteiger partial charge in [-0.25, -0.2) is 4.79 Å². The van der Waals surface area contributed by atoms with Crippen LogP contribution in [0, 0.1) is 0 Å². The molecule has 0 bridgehead atoms. The Bertz CT molecular complexity index is 659. The summed E-state index contributed by atoms with van der Waals surface area (Å²) in [4.78, 5) is 12.0. The van der Waals surface area contributed by atoms with Crippen LogP contribution in [0.25, 0.3) is 0 Å². The Kier molecular flexibility index (Phi) is 4.76. The van der Waals surface area contributed by atoms with Gasteiger partial charge in [-0.05, 0) is 30.3 Å². The molecule has 0 unspecified atom stereocenters. The van der Waals surface area contributed by atoms with Gasteiger partial charge in [-0.3, -0.25) is 0 Å². The van der Waals surface area contributed by atoms with Crippen molar-refractivity contribution in [2.24, 2.45) is 0 Å². The molecule has 2 rings (SSSR count). The van der Waals surface area contributed by atoms with Crippen LogP contribution in [-0.4, -0.2) is 5.97 Å². The predicted molar refractivity (Wildman–Crippen MR) is 81.4 cm³/mol. The summed E-state index contributed by atoms with van der Waals surface area (Å²) in [7, 11) is 0. The molecule has 0 saturated heterocycles. The Morgan fingerprint density at radius 2 is 1.85 bits per heavy atom. The highest BCUT2D eigenvalue weighted by Gasteiger charge is 2.14. The third kappa shape index (κ3) is 3.37. The molecule has 2 aromatic carbocycles. The number of ether oxygens (including phenoxy) is 1. The van der Waals surface area contributed by atoms with E-state index in [-0.39, 0.29) is 17.9 Å². The molecule has 0 radical (unpaired) electrons. The van der Waals surface area contributed by atoms with E-state index in [1.165, 1.54) is 0 Å². The number of hydrogen-bond acceptors (Lipinski definition) is 3. The Hall–Kier alpha value is -1.42. The first kappa shape index (κ1) is 15.0. The first-order chi connectivity index (χ1) is 9.49. The molecule has 0 aliphatic rings. The second kappa shape index (κ2) is 6.35. The normalized spacial score (nSPS) is 10.3. The smallest absolute Gasteiger partial charge is 0.340 e. The monoisotopic (exact) mass is 329 g/mol. The zero-order valence-corrected chi connectivity index (χ0v) is 12.5. The molecule has 104 valence electrons. The van der Waals surface area contributed by atoms with E-state index in [1.54, 1.807) is 36.4 Å². The van der Waals surface area contributed by atoms with Gasteiger partial charge < -0.3 is 10.5 Å². The van der Waals surface area contributed by atoms with Gasteiger partial charge in [0.1, 0.15) is 6.61 Å². The number of nitrogen functional groups attached to an aromatic ring is 1. The van der Waals surface area contributed by atoms with Crippen LogP contribution in [0.1, 0.15) is 15.9 Å². The van der Waals surface area contributed by atoms with Crippen LogP contribution < -0.4 is 5.73 Å². The van der Waals surface area contributed by atoms with E-state index in [4.69, 9.17) is 45.3 Å². The van der Waals surface area contributed by atoms with Crippen molar-refractivity contribution < 1.29 is 9.53 Å². The summed E-state index contributed by atoms with van der Waals surface area (Å²) in [5, 5.41) is 1.30. The van der Waals surface area contributed by atoms with Crippen molar-refractivity contribution in [1.29, 1.82) is 0 Å². The molecule has 2 N–H and O–H groups in total. The quantitative estimate of drug-likeness (QED) is 0.661. The number of carbonyl (C=O) groups excluding carboxylic acids is 1. The number of para-hydroxylation sites is 1. The fourth-order valence-electron chi connectivity index (χ4n) is 1.59. The molecular formula is C14H10Cl3NO2. The Morgan fingerprint density at radius 1 is 1.10 bits per heavy atom. The number of benzene rings is 2. The van der Waals surface area contributed by atoms with Gasteiger partial charge in [0.2, 0.25) is 0 Å². The average molecular weight is 331 g/mol. The van der Waals surface area contributed by atoms with E-state index in [1.807, 2.05) is 0 Å². The third-order valence-electron chi connectivity index (χ3n) is 2.64. The zero-order chi connectivity index (χ0) is 14.7. The van der Waals surface area contributed by atoms with Crippen LogP contribution in [0.4, 0.5) is 5.69 Å². The highest BCUT2D eigenvalue weighted by Crippen LogP contribution is 2.25. The van der Waals surface area contributed by atoms with Crippen LogP contribution in [-0.2, 0) is 11.3 Å². The van der Waals surface area contributed by atoms with E-state index >= 15 is 0 Å². The Labute approximate surface area is 131 Å². The van der Waals surface area contributed by atoms with Crippen LogP contribution in [0.2, 0.25) is 15.1 Å². The lowest BCUT2D eigenvalue weighted by Crippen LogP contribution is -2.08. The lowest BCUT2D eigenvalue weighted by Gasteiger charge is -2.09. The molecule has 2 aromatic rings. The molecule has 0 aliphatic heterocycles. The first-order valence-corrected chi connectivity index (χ1v) is 6.77. The topological polar surface area (TPSA) is 52.3 Å². The van der Waals surface area contributed by atoms with Crippen molar-refractivity contribution in [1.82, 2.24) is 0 Å². The van der Waals surface area contributed by atoms with E-state index < -0.39 is 5.97 Å². The molecule has 0 saturated carbocycles. The van der Waals surface area contributed by atoms with Crippen molar-refractivity contribution in [3.63, 3.8) is 0 Å². The number of nitrogens with two attached hydrogens (primary N) is 1. The van der Waals surface area contributed by atoms with Gasteiger partial charge in [0, 0.05) is 15.6 Å². The second-order valence-electron chi connectivity index (χ2n) is 4.01. The van der Waals surface area contributed by atoms with Crippen molar-refractivity contribution in [2.45, 2.75) is 6.61 Å². The van der Waals surface area contributed by atoms with Crippen molar-refractivity contribution >= 4 is 46.5 Å². The Morgan fingerprint density at radius 3 is 2.60 bits per heavy atom. The van der Waals surface area contributed by atoms with Gasteiger partial charge in [-0.2, -0.15) is 0 Å². The molecular weight excluding hydrogens is 321 g/mol. The third-order valence-corrected chi connectivity index (χ3v) is 3.57. The summed E-state index contributed by atoms with van der Waals surface area (Å²) in [6.45, 7) is 0.00415. The van der Waals surface area contributed by atoms with Gasteiger partial charge in [0.05, 0.1) is 16.3 Å². The van der Waals surface area contributed by atoms with Gasteiger partial charge >= 0.3 is 5.97 Å². The fourth-order valence-corrected chi connectivity index (χ4v) is 2.13. The summed E-state index contributed by atoms with van der Waals surface area (Å²) in [6, 6.07) is 9.70. The molecule has 6 heteroatoms. The highest BCUT2D eigenvalue weighted by molar-refractivity contribution is 6.34. The van der Waals surface area contributed by atoms with E-state index in [2.05, 4.69) is 0 Å². The molecule has 0 spiro atoms. The minimum Gasteiger partial charge on any atom is -0.457 e. The van der Waals surface area contributed by atoms with Crippen LogP contribution in [0.3, 0.4) is 0 Å². The van der Waals surface area contributed by atoms with E-state index in [9.17, 15) is 4.79 Å². The highest BCUT2D eigenvalue weighted by atomic mass is 35.5. The molecule has 0 aromatic heterocycles. The lowest BCUT2D eigenvalue weighted by molar-refractivity contribution is 0.0474. The summed E-state index contributed by atoms with van der Waals surface area (Å²) >= 11 is 17.7. The molecule has 0 aliphatic carbocycles. The molecule has 0 heterocycles. The molecule has 20 heavy (non-hydrogen) atoms. The summed E-state index contributed by atoms with van der Waals surface area (Å²) in [5.74, 6) is -0.568. The average Bonchev–Trinajstić information content (AvgIpc) is 2.42. The van der Waals surface area contributed by atoms with Crippen molar-refractivity contribution in [2.75, 3.05) is 5.73 Å². The number of hydrogen-bond donors (Lipinski definition) is 1. The standard InChI is InChI=1S/C14H10Cl3NO2/c15-9-4-5-11(16)8(6-9)7-20-14(19)10-2-1-3-12(17)13(10)18/h1-6H,7,18H2.